The Bertz CT molecular complexity index is 1280. The minimum absolute atomic E-state index is 0.0157. The molecular formula is C24H23Cl2N7O. The van der Waals surface area contributed by atoms with Gasteiger partial charge in [-0.1, -0.05) is 30.2 Å². The fourth-order valence-corrected chi connectivity index (χ4v) is 4.05. The number of H-pyrrole nitrogens is 1. The number of rotatable bonds is 10. The summed E-state index contributed by atoms with van der Waals surface area (Å²) >= 11 is 11.8. The molecule has 2 aromatic carbocycles. The van der Waals surface area contributed by atoms with Gasteiger partial charge in [-0.3, -0.25) is 5.10 Å². The Balaban J connectivity index is 1.55. The minimum atomic E-state index is 0.0157. The first-order valence-corrected chi connectivity index (χ1v) is 11.7. The molecule has 1 atom stereocenters. The van der Waals surface area contributed by atoms with E-state index in [1.54, 1.807) is 24.2 Å². The first-order chi connectivity index (χ1) is 16.6. The van der Waals surface area contributed by atoms with Crippen molar-refractivity contribution in [1.82, 2.24) is 24.7 Å². The molecule has 0 saturated carbocycles. The Morgan fingerprint density at radius 1 is 1.21 bits per heavy atom. The molecule has 0 bridgehead atoms. The Hall–Kier alpha value is -3.54. The van der Waals surface area contributed by atoms with Crippen LogP contribution in [0.3, 0.4) is 0 Å². The second-order valence-electron chi connectivity index (χ2n) is 7.63. The Morgan fingerprint density at radius 3 is 2.71 bits per heavy atom. The summed E-state index contributed by atoms with van der Waals surface area (Å²) in [5.41, 5.74) is 3.28. The van der Waals surface area contributed by atoms with Crippen LogP contribution in [0.15, 0.2) is 55.0 Å². The number of halogens is 2. The maximum absolute atomic E-state index is 9.10. The summed E-state index contributed by atoms with van der Waals surface area (Å²) in [4.78, 5) is 8.74. The molecule has 2 aromatic heterocycles. The third-order valence-corrected chi connectivity index (χ3v) is 5.88. The predicted octanol–water partition coefficient (Wildman–Crippen LogP) is 5.81. The Labute approximate surface area is 207 Å². The first kappa shape index (κ1) is 23.6. The number of aromatic amines is 1. The molecule has 8 nitrogen and oxygen atoms in total. The number of hydrogen-bond donors (Lipinski definition) is 2. The highest BCUT2D eigenvalue weighted by Gasteiger charge is 2.19. The number of benzene rings is 2. The van der Waals surface area contributed by atoms with E-state index in [4.69, 9.17) is 38.2 Å². The van der Waals surface area contributed by atoms with Crippen LogP contribution in [-0.4, -0.2) is 37.7 Å². The van der Waals surface area contributed by atoms with Crippen molar-refractivity contribution < 1.29 is 4.74 Å². The zero-order valence-corrected chi connectivity index (χ0v) is 20.0. The average Bonchev–Trinajstić information content (AvgIpc) is 3.51. The number of hydrogen-bond acceptors (Lipinski definition) is 6. The quantitative estimate of drug-likeness (QED) is 0.212. The number of aromatic nitrogens is 5. The fourth-order valence-electron chi connectivity index (χ4n) is 3.71. The van der Waals surface area contributed by atoms with Crippen LogP contribution < -0.4 is 10.1 Å². The molecular weight excluding hydrogens is 473 g/mol. The molecule has 0 saturated heterocycles. The van der Waals surface area contributed by atoms with Crippen molar-refractivity contribution in [3.8, 4) is 17.5 Å². The van der Waals surface area contributed by atoms with E-state index in [1.165, 1.54) is 0 Å². The Kier molecular flexibility index (Phi) is 7.68. The lowest BCUT2D eigenvalue weighted by Gasteiger charge is -2.14. The van der Waals surface area contributed by atoms with Crippen molar-refractivity contribution in [3.05, 3.63) is 77.1 Å². The highest BCUT2D eigenvalue weighted by molar-refractivity contribution is 6.29. The van der Waals surface area contributed by atoms with E-state index < -0.39 is 0 Å². The van der Waals surface area contributed by atoms with Gasteiger partial charge in [-0.05, 0) is 42.7 Å². The molecule has 4 aromatic rings. The maximum atomic E-state index is 9.10. The number of alkyl halides is 1. The topological polar surface area (TPSA) is 104 Å². The third-order valence-electron chi connectivity index (χ3n) is 5.42. The van der Waals surface area contributed by atoms with Gasteiger partial charge in [0.2, 0.25) is 5.95 Å². The maximum Gasteiger partial charge on any atom is 0.246 e. The molecule has 0 amide bonds. The Morgan fingerprint density at radius 2 is 2.03 bits per heavy atom. The summed E-state index contributed by atoms with van der Waals surface area (Å²) in [6.45, 7) is 0. The number of anilines is 2. The van der Waals surface area contributed by atoms with Crippen LogP contribution >= 0.6 is 23.2 Å². The van der Waals surface area contributed by atoms with Gasteiger partial charge in [0.05, 0.1) is 24.4 Å². The van der Waals surface area contributed by atoms with Crippen molar-refractivity contribution in [2.75, 3.05) is 18.3 Å². The molecule has 10 heteroatoms. The van der Waals surface area contributed by atoms with E-state index >= 15 is 0 Å². The third kappa shape index (κ3) is 5.50. The summed E-state index contributed by atoms with van der Waals surface area (Å²) in [6.07, 6.45) is 6.07. The standard InChI is InChI=1S/C24H23Cl2N7O/c1-34-21-12-18(9-10-20(21)33-14-22(26)28-15-33)29-24-30-23(31-32-24)19(4-2-3-11-25)17-7-5-16(13-27)6-8-17/h5-10,12,14-15,19H,2-4,11H2,1H3,(H2,29,30,31,32). The molecule has 0 fully saturated rings. The van der Waals surface area contributed by atoms with Gasteiger partial charge < -0.3 is 14.6 Å². The zero-order chi connectivity index (χ0) is 23.9. The summed E-state index contributed by atoms with van der Waals surface area (Å²) in [7, 11) is 1.61. The summed E-state index contributed by atoms with van der Waals surface area (Å²) in [6, 6.07) is 15.4. The monoisotopic (exact) mass is 495 g/mol. The van der Waals surface area contributed by atoms with Crippen LogP contribution in [-0.2, 0) is 0 Å². The van der Waals surface area contributed by atoms with Crippen LogP contribution in [0.5, 0.6) is 5.75 Å². The van der Waals surface area contributed by atoms with Gasteiger partial charge in [0.15, 0.2) is 0 Å². The molecule has 0 aliphatic carbocycles. The summed E-state index contributed by atoms with van der Waals surface area (Å²) in [5.74, 6) is 2.48. The van der Waals surface area contributed by atoms with E-state index in [0.29, 0.717) is 28.3 Å². The number of nitriles is 1. The summed E-state index contributed by atoms with van der Waals surface area (Å²) < 4.78 is 7.34. The van der Waals surface area contributed by atoms with Gasteiger partial charge in [0.25, 0.3) is 0 Å². The number of nitrogens with one attached hydrogen (secondary N) is 2. The lowest BCUT2D eigenvalue weighted by molar-refractivity contribution is 0.413. The van der Waals surface area contributed by atoms with Gasteiger partial charge in [-0.15, -0.1) is 16.7 Å². The highest BCUT2D eigenvalue weighted by atomic mass is 35.5. The van der Waals surface area contributed by atoms with Crippen LogP contribution in [0.25, 0.3) is 5.69 Å². The molecule has 4 rings (SSSR count). The second kappa shape index (κ2) is 11.1. The van der Waals surface area contributed by atoms with Gasteiger partial charge in [-0.2, -0.15) is 10.2 Å². The largest absolute Gasteiger partial charge is 0.494 e. The lowest BCUT2D eigenvalue weighted by Crippen LogP contribution is -2.04. The minimum Gasteiger partial charge on any atom is -0.494 e. The van der Waals surface area contributed by atoms with Crippen molar-refractivity contribution in [2.24, 2.45) is 0 Å². The molecule has 0 aliphatic heterocycles. The number of nitrogens with zero attached hydrogens (tertiary/aromatic N) is 5. The van der Waals surface area contributed by atoms with E-state index in [2.05, 4.69) is 26.6 Å². The molecule has 1 unspecified atom stereocenters. The van der Waals surface area contributed by atoms with Gasteiger partial charge in [0.1, 0.15) is 23.1 Å². The van der Waals surface area contributed by atoms with Crippen LogP contribution in [0.1, 0.15) is 42.1 Å². The highest BCUT2D eigenvalue weighted by Crippen LogP contribution is 2.31. The number of unbranched alkanes of at least 4 members (excludes halogenated alkanes) is 1. The smallest absolute Gasteiger partial charge is 0.246 e. The molecule has 0 radical (unpaired) electrons. The molecule has 0 spiro atoms. The molecule has 174 valence electrons. The van der Waals surface area contributed by atoms with E-state index in [9.17, 15) is 0 Å². The van der Waals surface area contributed by atoms with E-state index in [0.717, 1.165) is 42.0 Å². The molecule has 2 heterocycles. The molecule has 0 aliphatic rings. The van der Waals surface area contributed by atoms with Gasteiger partial charge >= 0.3 is 0 Å². The van der Waals surface area contributed by atoms with Crippen molar-refractivity contribution in [3.63, 3.8) is 0 Å². The van der Waals surface area contributed by atoms with Gasteiger partial charge in [0, 0.05) is 29.7 Å². The average molecular weight is 496 g/mol. The van der Waals surface area contributed by atoms with Crippen LogP contribution in [0, 0.1) is 11.3 Å². The lowest BCUT2D eigenvalue weighted by atomic mass is 9.92. The van der Waals surface area contributed by atoms with Crippen molar-refractivity contribution in [2.45, 2.75) is 25.2 Å². The van der Waals surface area contributed by atoms with Crippen LogP contribution in [0.2, 0.25) is 5.15 Å². The van der Waals surface area contributed by atoms with Crippen molar-refractivity contribution in [1.29, 1.82) is 5.26 Å². The second-order valence-corrected chi connectivity index (χ2v) is 8.40. The zero-order valence-electron chi connectivity index (χ0n) is 18.5. The molecule has 2 N–H and O–H groups in total. The molecule has 34 heavy (non-hydrogen) atoms. The summed E-state index contributed by atoms with van der Waals surface area (Å²) in [5, 5.41) is 20.2. The van der Waals surface area contributed by atoms with E-state index in [1.807, 2.05) is 42.5 Å². The normalized spacial score (nSPS) is 11.7. The van der Waals surface area contributed by atoms with Crippen molar-refractivity contribution >= 4 is 34.8 Å². The van der Waals surface area contributed by atoms with E-state index in [-0.39, 0.29) is 5.92 Å². The first-order valence-electron chi connectivity index (χ1n) is 10.7. The van der Waals surface area contributed by atoms with Gasteiger partial charge in [-0.25, -0.2) is 4.98 Å². The number of methoxy groups -OCH3 is 1. The predicted molar refractivity (Wildman–Crippen MR) is 132 cm³/mol. The fraction of sp³-hybridized carbons (Fsp3) is 0.250. The van der Waals surface area contributed by atoms with Crippen LogP contribution in [0.4, 0.5) is 11.6 Å². The number of imidazole rings is 1. The SMILES string of the molecule is COc1cc(Nc2n[nH]c(C(CCCCCl)c3ccc(C#N)cc3)n2)ccc1-n1cnc(Cl)c1. The number of ether oxygens (including phenoxy) is 1.